The number of amides is 2. The predicted molar refractivity (Wildman–Crippen MR) is 191 cm³/mol. The van der Waals surface area contributed by atoms with Crippen molar-refractivity contribution in [1.82, 2.24) is 30.2 Å². The molecule has 3 heterocycles. The molecule has 1 fully saturated rings. The van der Waals surface area contributed by atoms with Crippen LogP contribution in [0.1, 0.15) is 46.8 Å². The summed E-state index contributed by atoms with van der Waals surface area (Å²) in [6.07, 6.45) is -6.52. The number of rotatable bonds is 20. The largest absolute Gasteiger partial charge is 0.481 e. The van der Waals surface area contributed by atoms with E-state index in [0.29, 0.717) is 12.2 Å². The maximum absolute atomic E-state index is 12.6. The highest BCUT2D eigenvalue weighted by Crippen LogP contribution is 2.61. The molecule has 1 aliphatic heterocycles. The Labute approximate surface area is 322 Å². The first-order chi connectivity index (χ1) is 25.8. The Hall–Kier alpha value is -2.97. The van der Waals surface area contributed by atoms with Crippen LogP contribution in [0.15, 0.2) is 12.7 Å². The van der Waals surface area contributed by atoms with E-state index in [9.17, 15) is 57.9 Å². The molecule has 1 aliphatic rings. The minimum atomic E-state index is -5.56. The van der Waals surface area contributed by atoms with Crippen LogP contribution in [-0.4, -0.2) is 134 Å². The molecule has 2 amide bonds. The monoisotopic (exact) mass is 883 g/mol. The molecule has 0 spiro atoms. The summed E-state index contributed by atoms with van der Waals surface area (Å²) in [4.78, 5) is 95.4. The molecule has 2 unspecified atom stereocenters. The number of nitrogens with zero attached hydrogens (tertiary/aromatic N) is 4. The highest BCUT2D eigenvalue weighted by Gasteiger charge is 2.50. The zero-order chi connectivity index (χ0) is 42.6. The number of ether oxygens (including phenoxy) is 1. The number of nitrogens with one attached hydrogen (secondary N) is 2. The van der Waals surface area contributed by atoms with Gasteiger partial charge >= 0.3 is 23.5 Å². The number of nitrogen functional groups attached to an aromatic ring is 1. The number of carboxylic acid groups (broad SMARTS) is 1. The molecule has 26 nitrogen and oxygen atoms in total. The zero-order valence-electron chi connectivity index (χ0n) is 30.1. The molecule has 3 rings (SSSR count). The van der Waals surface area contributed by atoms with Crippen LogP contribution in [0.4, 0.5) is 5.82 Å². The number of nitrogens with two attached hydrogens (primary N) is 1. The van der Waals surface area contributed by atoms with Gasteiger partial charge in [0.2, 0.25) is 11.8 Å². The van der Waals surface area contributed by atoms with Gasteiger partial charge in [-0.2, -0.15) is 4.31 Å². The van der Waals surface area contributed by atoms with Crippen LogP contribution in [0.5, 0.6) is 0 Å². The number of carboxylic acids is 1. The molecule has 2 aromatic heterocycles. The Morgan fingerprint density at radius 3 is 2.29 bits per heavy atom. The summed E-state index contributed by atoms with van der Waals surface area (Å²) in [7, 11) is -16.4. The lowest BCUT2D eigenvalue weighted by Gasteiger charge is -2.30. The molecule has 56 heavy (non-hydrogen) atoms. The van der Waals surface area contributed by atoms with Gasteiger partial charge < -0.3 is 56.0 Å². The summed E-state index contributed by atoms with van der Waals surface area (Å²) >= 11 is 1.07. The van der Waals surface area contributed by atoms with Crippen molar-refractivity contribution in [3.63, 3.8) is 0 Å². The second-order valence-electron chi connectivity index (χ2n) is 12.2. The second-order valence-corrected chi connectivity index (χ2v) is 17.6. The summed E-state index contributed by atoms with van der Waals surface area (Å²) in [5.74, 6) is -1.90. The molecule has 0 aromatic carbocycles. The van der Waals surface area contributed by atoms with Gasteiger partial charge in [-0.05, 0) is 0 Å². The van der Waals surface area contributed by atoms with Crippen LogP contribution in [0.3, 0.4) is 0 Å². The maximum Gasteiger partial charge on any atom is 0.481 e. The number of carbonyl (C=O) groups is 4. The third-order valence-corrected chi connectivity index (χ3v) is 11.2. The maximum atomic E-state index is 12.6. The Morgan fingerprint density at radius 2 is 1.68 bits per heavy atom. The molecule has 0 radical (unpaired) electrons. The molecule has 30 heteroatoms. The van der Waals surface area contributed by atoms with Gasteiger partial charge in [-0.1, -0.05) is 32.5 Å². The van der Waals surface area contributed by atoms with Gasteiger partial charge in [0.15, 0.2) is 22.8 Å². The van der Waals surface area contributed by atoms with Crippen LogP contribution in [0, 0.1) is 5.41 Å². The number of phosphoric ester groups is 3. The highest BCUT2D eigenvalue weighted by molar-refractivity contribution is 8.13. The first-order valence-corrected chi connectivity index (χ1v) is 21.5. The van der Waals surface area contributed by atoms with Crippen LogP contribution >= 0.6 is 35.2 Å². The van der Waals surface area contributed by atoms with Gasteiger partial charge in [0.1, 0.15) is 36.3 Å². The van der Waals surface area contributed by atoms with Crippen LogP contribution < -0.4 is 16.4 Å². The van der Waals surface area contributed by atoms with E-state index in [-0.39, 0.29) is 41.6 Å². The SMILES string of the molecule is CC(=O)O.CCC(=O)SCCNC(=O)CCNC(=O)[C@H](O)C(C)(C)COP(=O)(O)OP(=O)(O)OC[C@H]1O[C@@H](n2cnc3c(N)ncnc32)[C@H](O)[C@@H]1OP(=O)(O)O. The minimum Gasteiger partial charge on any atom is -0.481 e. The van der Waals surface area contributed by atoms with Crippen LogP contribution in [0.2, 0.25) is 0 Å². The van der Waals surface area contributed by atoms with Crippen molar-refractivity contribution in [2.75, 3.05) is 37.8 Å². The van der Waals surface area contributed by atoms with Crippen molar-refractivity contribution < 1.29 is 90.4 Å². The molecule has 0 aliphatic carbocycles. The van der Waals surface area contributed by atoms with Crippen molar-refractivity contribution in [3.8, 4) is 0 Å². The van der Waals surface area contributed by atoms with E-state index in [2.05, 4.69) is 34.4 Å². The lowest BCUT2D eigenvalue weighted by Crippen LogP contribution is -2.46. The number of anilines is 1. The summed E-state index contributed by atoms with van der Waals surface area (Å²) in [6.45, 7) is 3.33. The summed E-state index contributed by atoms with van der Waals surface area (Å²) in [6, 6.07) is 0. The van der Waals surface area contributed by atoms with Crippen molar-refractivity contribution in [3.05, 3.63) is 12.7 Å². The van der Waals surface area contributed by atoms with E-state index >= 15 is 0 Å². The number of fused-ring (bicyclic) bond motifs is 1. The number of phosphoric acid groups is 3. The number of carbonyl (C=O) groups excluding carboxylic acids is 3. The number of aliphatic carboxylic acids is 1. The lowest BCUT2D eigenvalue weighted by molar-refractivity contribution is -0.137. The number of aromatic nitrogens is 4. The molecule has 2 aromatic rings. The van der Waals surface area contributed by atoms with Gasteiger partial charge in [-0.25, -0.2) is 28.6 Å². The van der Waals surface area contributed by atoms with Crippen molar-refractivity contribution >= 4 is 75.1 Å². The Bertz CT molecular complexity index is 1830. The molecule has 318 valence electrons. The molecule has 11 N–H and O–H groups in total. The van der Waals surface area contributed by atoms with E-state index in [4.69, 9.17) is 29.4 Å². The zero-order valence-corrected chi connectivity index (χ0v) is 33.6. The molecular weight excluding hydrogens is 839 g/mol. The first-order valence-electron chi connectivity index (χ1n) is 16.0. The number of hydrogen-bond donors (Lipinski definition) is 10. The molecule has 0 saturated carbocycles. The van der Waals surface area contributed by atoms with Gasteiger partial charge in [0.25, 0.3) is 5.97 Å². The van der Waals surface area contributed by atoms with Crippen LogP contribution in [0.25, 0.3) is 11.2 Å². The third kappa shape index (κ3) is 16.1. The van der Waals surface area contributed by atoms with Crippen molar-refractivity contribution in [2.45, 2.75) is 71.2 Å². The average molecular weight is 884 g/mol. The van der Waals surface area contributed by atoms with Gasteiger partial charge in [-0.15, -0.1) is 0 Å². The number of aliphatic hydroxyl groups is 2. The fraction of sp³-hybridized carbons (Fsp3) is 0.654. The molecule has 1 saturated heterocycles. The standard InChI is InChI=1S/C24H40N7O17P3S.C2H4O2/c1-4-15(33)52-8-7-26-14(32)5-6-27-22(36)19(35)24(2,3)10-45-51(42,43)48-50(40,41)44-9-13-18(47-49(37,38)39)17(34)23(46-13)31-12-30-16-20(25)28-11-29-21(16)31;1-2(3)4/h11-13,17-19,23,34-35H,4-10H2,1-3H3,(H,26,32)(H,27,36)(H,40,41)(H,42,43)(H2,25,28,29)(H2,37,38,39);1H3,(H,3,4)/t13-,17-,18-,19+,23-;/m1./s1. The summed E-state index contributed by atoms with van der Waals surface area (Å²) < 4.78 is 61.9. The number of hydrogen-bond acceptors (Lipinski definition) is 19. The fourth-order valence-corrected chi connectivity index (χ4v) is 7.86. The first kappa shape index (κ1) is 49.2. The second kappa shape index (κ2) is 21.2. The van der Waals surface area contributed by atoms with Gasteiger partial charge in [0, 0.05) is 44.0 Å². The van der Waals surface area contributed by atoms with Gasteiger partial charge in [-0.3, -0.25) is 37.3 Å². The number of imidazole rings is 1. The van der Waals surface area contributed by atoms with Crippen LogP contribution in [-0.2, 0) is 55.5 Å². The highest BCUT2D eigenvalue weighted by atomic mass is 32.2. The smallest absolute Gasteiger partial charge is 0.481 e. The predicted octanol–water partition coefficient (Wildman–Crippen LogP) is -0.834. The van der Waals surface area contributed by atoms with E-state index in [1.54, 1.807) is 6.92 Å². The van der Waals surface area contributed by atoms with Crippen molar-refractivity contribution in [1.29, 1.82) is 0 Å². The summed E-state index contributed by atoms with van der Waals surface area (Å²) in [5, 5.41) is 33.6. The quantitative estimate of drug-likeness (QED) is 0.0573. The Morgan fingerprint density at radius 1 is 1.05 bits per heavy atom. The number of thioether (sulfide) groups is 1. The van der Waals surface area contributed by atoms with E-state index in [0.717, 1.165) is 35.9 Å². The molecule has 7 atom stereocenters. The summed E-state index contributed by atoms with van der Waals surface area (Å²) in [5.41, 5.74) is 4.26. The van der Waals surface area contributed by atoms with Crippen molar-refractivity contribution in [2.24, 2.45) is 5.41 Å². The fourth-order valence-electron chi connectivity index (χ4n) is 4.40. The normalized spacial score (nSPS) is 21.2. The van der Waals surface area contributed by atoms with E-state index < -0.39 is 90.5 Å². The average Bonchev–Trinajstić information content (AvgIpc) is 3.64. The minimum absolute atomic E-state index is 0.0221. The van der Waals surface area contributed by atoms with Gasteiger partial charge in [0.05, 0.1) is 19.5 Å². The lowest BCUT2D eigenvalue weighted by atomic mass is 9.87. The molecular formula is C26H44N7O19P3S. The molecule has 0 bridgehead atoms. The van der Waals surface area contributed by atoms with E-state index in [1.165, 1.54) is 13.8 Å². The number of aliphatic hydroxyl groups excluding tert-OH is 2. The topological polar surface area (TPSA) is 401 Å². The Balaban J connectivity index is 0.00000258. The van der Waals surface area contributed by atoms with E-state index in [1.807, 2.05) is 0 Å². The third-order valence-electron chi connectivity index (χ3n) is 7.05. The Kier molecular flexibility index (Phi) is 18.6.